The van der Waals surface area contributed by atoms with E-state index in [-0.39, 0.29) is 11.7 Å². The van der Waals surface area contributed by atoms with Crippen LogP contribution in [0.1, 0.15) is 5.56 Å². The van der Waals surface area contributed by atoms with Gasteiger partial charge in [-0.2, -0.15) is 0 Å². The van der Waals surface area contributed by atoms with Gasteiger partial charge in [-0.25, -0.2) is 0 Å². The van der Waals surface area contributed by atoms with Gasteiger partial charge in [-0.15, -0.1) is 10.2 Å². The molecule has 0 spiro atoms. The molecule has 6 heteroatoms. The lowest BCUT2D eigenvalue weighted by Crippen LogP contribution is -2.00. The highest BCUT2D eigenvalue weighted by Gasteiger charge is 2.05. The van der Waals surface area contributed by atoms with Gasteiger partial charge in [0.25, 0.3) is 0 Å². The van der Waals surface area contributed by atoms with E-state index >= 15 is 0 Å². The predicted octanol–water partition coefficient (Wildman–Crippen LogP) is 1.01. The average Bonchev–Trinajstić information content (AvgIpc) is 2.46. The molecule has 2 aromatic rings. The van der Waals surface area contributed by atoms with Crippen LogP contribution in [0.4, 0.5) is 0 Å². The van der Waals surface area contributed by atoms with Crippen LogP contribution >= 0.6 is 11.6 Å². The average molecular weight is 212 g/mol. The Bertz CT molecular complexity index is 494. The molecule has 0 aromatic carbocycles. The summed E-state index contributed by atoms with van der Waals surface area (Å²) >= 11 is 5.70. The first kappa shape index (κ1) is 8.96. The Kier molecular flexibility index (Phi) is 2.09. The van der Waals surface area contributed by atoms with Crippen LogP contribution in [0.5, 0.6) is 0 Å². The quantitative estimate of drug-likeness (QED) is 0.805. The summed E-state index contributed by atoms with van der Waals surface area (Å²) in [4.78, 5) is 10.4. The highest BCUT2D eigenvalue weighted by molar-refractivity contribution is 6.28. The van der Waals surface area contributed by atoms with E-state index in [1.807, 2.05) is 0 Å². The number of fused-ring (bicyclic) bond motifs is 1. The van der Waals surface area contributed by atoms with Gasteiger partial charge in [-0.1, -0.05) is 0 Å². The number of carbonyl (C=O) groups is 1. The number of halogens is 1. The van der Waals surface area contributed by atoms with Crippen molar-refractivity contribution in [3.05, 3.63) is 29.2 Å². The third kappa shape index (κ3) is 1.54. The molecule has 0 radical (unpaired) electrons. The van der Waals surface area contributed by atoms with Crippen LogP contribution in [0.3, 0.4) is 0 Å². The normalized spacial score (nSPS) is 10.6. The molecule has 72 valence electrons. The molecule has 2 rings (SSSR count). The molecule has 0 saturated carbocycles. The topological polar surface area (TPSA) is 67.5 Å². The molecule has 0 aliphatic carbocycles. The molecule has 0 amide bonds. The largest absolute Gasteiger partial charge is 0.481 e. The Morgan fingerprint density at radius 2 is 2.36 bits per heavy atom. The van der Waals surface area contributed by atoms with Crippen molar-refractivity contribution in [3.63, 3.8) is 0 Å². The maximum Gasteiger partial charge on any atom is 0.307 e. The number of hydrogen-bond acceptors (Lipinski definition) is 3. The molecule has 0 saturated heterocycles. The third-order valence-electron chi connectivity index (χ3n) is 1.79. The fourth-order valence-corrected chi connectivity index (χ4v) is 1.37. The van der Waals surface area contributed by atoms with Crippen molar-refractivity contribution in [2.75, 3.05) is 0 Å². The number of nitrogens with zero attached hydrogens (tertiary/aromatic N) is 3. The van der Waals surface area contributed by atoms with Gasteiger partial charge >= 0.3 is 5.97 Å². The van der Waals surface area contributed by atoms with Crippen molar-refractivity contribution in [2.45, 2.75) is 6.42 Å². The van der Waals surface area contributed by atoms with Gasteiger partial charge in [0.2, 0.25) is 5.28 Å². The fraction of sp³-hybridized carbons (Fsp3) is 0.125. The van der Waals surface area contributed by atoms with Gasteiger partial charge in [-0.3, -0.25) is 9.20 Å². The molecule has 1 N–H and O–H groups in total. The molecule has 5 nitrogen and oxygen atoms in total. The Hall–Kier alpha value is -1.62. The zero-order valence-electron chi connectivity index (χ0n) is 7.01. The molecule has 2 aromatic heterocycles. The number of hydrogen-bond donors (Lipinski definition) is 1. The number of carboxylic acids is 1. The van der Waals surface area contributed by atoms with Gasteiger partial charge < -0.3 is 5.11 Å². The lowest BCUT2D eigenvalue weighted by Gasteiger charge is -1.97. The van der Waals surface area contributed by atoms with Gasteiger partial charge in [0, 0.05) is 6.20 Å². The van der Waals surface area contributed by atoms with E-state index < -0.39 is 5.97 Å². The van der Waals surface area contributed by atoms with E-state index in [4.69, 9.17) is 16.7 Å². The number of rotatable bonds is 2. The zero-order chi connectivity index (χ0) is 10.1. The van der Waals surface area contributed by atoms with E-state index in [1.165, 1.54) is 0 Å². The van der Waals surface area contributed by atoms with Crippen molar-refractivity contribution < 1.29 is 9.90 Å². The molecule has 0 aliphatic heterocycles. The second-order valence-corrected chi connectivity index (χ2v) is 3.14. The lowest BCUT2D eigenvalue weighted by atomic mass is 10.2. The first-order chi connectivity index (χ1) is 6.66. The molecular formula is C8H6ClN3O2. The van der Waals surface area contributed by atoms with Gasteiger partial charge in [0.1, 0.15) is 0 Å². The van der Waals surface area contributed by atoms with Crippen LogP contribution in [-0.4, -0.2) is 25.7 Å². The summed E-state index contributed by atoms with van der Waals surface area (Å²) in [7, 11) is 0. The highest BCUT2D eigenvalue weighted by atomic mass is 35.5. The number of carboxylic acid groups (broad SMARTS) is 1. The van der Waals surface area contributed by atoms with Gasteiger partial charge in [-0.05, 0) is 29.3 Å². The minimum Gasteiger partial charge on any atom is -0.481 e. The van der Waals surface area contributed by atoms with E-state index in [9.17, 15) is 4.79 Å². The lowest BCUT2D eigenvalue weighted by molar-refractivity contribution is -0.136. The standard InChI is InChI=1S/C8H6ClN3O2/c9-8-11-10-6-3-5(4-7(13)14)1-2-12(6)8/h1-3H,4H2,(H,13,14). The smallest absolute Gasteiger partial charge is 0.307 e. The zero-order valence-corrected chi connectivity index (χ0v) is 7.77. The minimum atomic E-state index is -0.875. The number of aromatic nitrogens is 3. The summed E-state index contributed by atoms with van der Waals surface area (Å²) in [6, 6.07) is 3.32. The fourth-order valence-electron chi connectivity index (χ4n) is 1.19. The monoisotopic (exact) mass is 211 g/mol. The summed E-state index contributed by atoms with van der Waals surface area (Å²) < 4.78 is 1.58. The molecule has 2 heterocycles. The van der Waals surface area contributed by atoms with E-state index in [2.05, 4.69) is 10.2 Å². The summed E-state index contributed by atoms with van der Waals surface area (Å²) in [5, 5.41) is 16.3. The van der Waals surface area contributed by atoms with Crippen LogP contribution in [0.2, 0.25) is 5.28 Å². The summed E-state index contributed by atoms with van der Waals surface area (Å²) in [6.07, 6.45) is 1.62. The molecule has 0 atom stereocenters. The van der Waals surface area contributed by atoms with Crippen LogP contribution in [-0.2, 0) is 11.2 Å². The van der Waals surface area contributed by atoms with Crippen molar-refractivity contribution in [3.8, 4) is 0 Å². The van der Waals surface area contributed by atoms with Crippen LogP contribution in [0.15, 0.2) is 18.3 Å². The van der Waals surface area contributed by atoms with E-state index in [0.29, 0.717) is 11.2 Å². The second-order valence-electron chi connectivity index (χ2n) is 2.80. The summed E-state index contributed by atoms with van der Waals surface area (Å²) in [5.74, 6) is -0.875. The molecular weight excluding hydrogens is 206 g/mol. The summed E-state index contributed by atoms with van der Waals surface area (Å²) in [6.45, 7) is 0. The predicted molar refractivity (Wildman–Crippen MR) is 49.3 cm³/mol. The number of pyridine rings is 1. The first-order valence-corrected chi connectivity index (χ1v) is 4.25. The van der Waals surface area contributed by atoms with Gasteiger partial charge in [0.15, 0.2) is 5.65 Å². The van der Waals surface area contributed by atoms with Crippen LogP contribution < -0.4 is 0 Å². The first-order valence-electron chi connectivity index (χ1n) is 3.88. The Labute approximate surface area is 83.9 Å². The van der Waals surface area contributed by atoms with Crippen LogP contribution in [0, 0.1) is 0 Å². The molecule has 0 aliphatic rings. The molecule has 14 heavy (non-hydrogen) atoms. The molecule has 0 unspecified atom stereocenters. The van der Waals surface area contributed by atoms with Crippen molar-refractivity contribution >= 4 is 23.2 Å². The van der Waals surface area contributed by atoms with Gasteiger partial charge in [0.05, 0.1) is 6.42 Å². The third-order valence-corrected chi connectivity index (χ3v) is 2.05. The maximum atomic E-state index is 10.4. The number of aliphatic carboxylic acids is 1. The minimum absolute atomic E-state index is 0.0268. The SMILES string of the molecule is O=C(O)Cc1ccn2c(Cl)nnc2c1. The maximum absolute atomic E-state index is 10.4. The highest BCUT2D eigenvalue weighted by Crippen LogP contribution is 2.10. The van der Waals surface area contributed by atoms with Crippen molar-refractivity contribution in [1.29, 1.82) is 0 Å². The van der Waals surface area contributed by atoms with Crippen molar-refractivity contribution in [1.82, 2.24) is 14.6 Å². The molecule has 0 bridgehead atoms. The van der Waals surface area contributed by atoms with Crippen molar-refractivity contribution in [2.24, 2.45) is 0 Å². The Morgan fingerprint density at radius 1 is 1.57 bits per heavy atom. The second kappa shape index (κ2) is 3.26. The summed E-state index contributed by atoms with van der Waals surface area (Å²) in [5.41, 5.74) is 1.22. The Morgan fingerprint density at radius 3 is 3.07 bits per heavy atom. The Balaban J connectivity index is 2.46. The van der Waals surface area contributed by atoms with E-state index in [0.717, 1.165) is 0 Å². The molecule has 0 fully saturated rings. The van der Waals surface area contributed by atoms with Crippen LogP contribution in [0.25, 0.3) is 5.65 Å². The van der Waals surface area contributed by atoms with E-state index in [1.54, 1.807) is 22.7 Å².